The Kier molecular flexibility index (Phi) is 4.97. The fourth-order valence-corrected chi connectivity index (χ4v) is 2.88. The van der Waals surface area contributed by atoms with Crippen molar-refractivity contribution in [1.82, 2.24) is 9.13 Å². The highest BCUT2D eigenvalue weighted by Crippen LogP contribution is 2.22. The van der Waals surface area contributed by atoms with E-state index in [1.807, 2.05) is 32.9 Å². The van der Waals surface area contributed by atoms with Crippen LogP contribution in [0.1, 0.15) is 47.0 Å². The third-order valence-corrected chi connectivity index (χ3v) is 4.01. The summed E-state index contributed by atoms with van der Waals surface area (Å²) in [6.07, 6.45) is 3.03. The van der Waals surface area contributed by atoms with E-state index in [2.05, 4.69) is 6.92 Å². The average molecular weight is 318 g/mol. The second-order valence-electron chi connectivity index (χ2n) is 6.81. The van der Waals surface area contributed by atoms with Gasteiger partial charge in [0, 0.05) is 12.1 Å². The first-order valence-corrected chi connectivity index (χ1v) is 8.16. The Labute approximate surface area is 136 Å². The zero-order valence-electron chi connectivity index (χ0n) is 14.7. The number of methoxy groups -OCH3 is 1. The molecule has 1 aromatic carbocycles. The van der Waals surface area contributed by atoms with Crippen LogP contribution in [-0.2, 0) is 12.1 Å². The molecule has 5 heteroatoms. The number of hydrogen-bond donors (Lipinski definition) is 0. The fourth-order valence-electron chi connectivity index (χ4n) is 2.88. The zero-order chi connectivity index (χ0) is 17.2. The molecule has 23 heavy (non-hydrogen) atoms. The van der Waals surface area contributed by atoms with Gasteiger partial charge in [-0.3, -0.25) is 13.9 Å². The van der Waals surface area contributed by atoms with Crippen LogP contribution in [-0.4, -0.2) is 16.2 Å². The van der Waals surface area contributed by atoms with E-state index in [1.165, 1.54) is 4.57 Å². The van der Waals surface area contributed by atoms with Crippen molar-refractivity contribution in [2.75, 3.05) is 7.11 Å². The standard InChI is InChI=1S/C18H26N2O3/c1-6-7-8-12-19-13-10-9-11-14(23-5)15(13)16(21)20(17(19)22)18(2,3)4/h9-11H,6-8,12H2,1-5H3. The molecule has 2 aromatic rings. The van der Waals surface area contributed by atoms with Crippen LogP contribution in [0.25, 0.3) is 10.9 Å². The van der Waals surface area contributed by atoms with Crippen LogP contribution in [0.3, 0.4) is 0 Å². The fraction of sp³-hybridized carbons (Fsp3) is 0.556. The molecule has 0 atom stereocenters. The van der Waals surface area contributed by atoms with Crippen molar-refractivity contribution in [3.63, 3.8) is 0 Å². The molecule has 0 aliphatic carbocycles. The van der Waals surface area contributed by atoms with Gasteiger partial charge >= 0.3 is 5.69 Å². The highest BCUT2D eigenvalue weighted by molar-refractivity contribution is 5.84. The second kappa shape index (κ2) is 6.60. The molecular formula is C18H26N2O3. The van der Waals surface area contributed by atoms with Crippen LogP contribution in [0, 0.1) is 0 Å². The summed E-state index contributed by atoms with van der Waals surface area (Å²) in [5.74, 6) is 0.509. The number of rotatable bonds is 5. The Morgan fingerprint density at radius 2 is 1.83 bits per heavy atom. The maximum absolute atomic E-state index is 12.9. The molecule has 0 spiro atoms. The minimum absolute atomic E-state index is 0.251. The summed E-state index contributed by atoms with van der Waals surface area (Å²) in [5, 5.41) is 0.473. The van der Waals surface area contributed by atoms with E-state index in [0.29, 0.717) is 23.2 Å². The van der Waals surface area contributed by atoms with Crippen LogP contribution >= 0.6 is 0 Å². The topological polar surface area (TPSA) is 53.2 Å². The molecule has 1 heterocycles. The molecule has 0 fully saturated rings. The molecule has 5 nitrogen and oxygen atoms in total. The van der Waals surface area contributed by atoms with Gasteiger partial charge in [-0.2, -0.15) is 0 Å². The number of ether oxygens (including phenoxy) is 1. The van der Waals surface area contributed by atoms with Gasteiger partial charge < -0.3 is 4.74 Å². The minimum Gasteiger partial charge on any atom is -0.496 e. The molecule has 0 aliphatic heterocycles. The summed E-state index contributed by atoms with van der Waals surface area (Å²) < 4.78 is 8.41. The van der Waals surface area contributed by atoms with Gasteiger partial charge in [0.1, 0.15) is 11.1 Å². The molecule has 0 bridgehead atoms. The smallest absolute Gasteiger partial charge is 0.331 e. The lowest BCUT2D eigenvalue weighted by Gasteiger charge is -2.24. The first-order valence-electron chi connectivity index (χ1n) is 8.16. The lowest BCUT2D eigenvalue weighted by Crippen LogP contribution is -2.47. The molecule has 0 radical (unpaired) electrons. The number of unbranched alkanes of at least 4 members (excludes halogenated alkanes) is 2. The molecule has 0 N–H and O–H groups in total. The summed E-state index contributed by atoms with van der Waals surface area (Å²) >= 11 is 0. The van der Waals surface area contributed by atoms with Crippen molar-refractivity contribution in [3.05, 3.63) is 39.0 Å². The summed E-state index contributed by atoms with van der Waals surface area (Å²) in [6.45, 7) is 8.33. The van der Waals surface area contributed by atoms with Crippen molar-refractivity contribution in [2.45, 2.75) is 59.0 Å². The molecule has 0 amide bonds. The van der Waals surface area contributed by atoms with E-state index in [1.54, 1.807) is 17.7 Å². The molecule has 0 saturated carbocycles. The number of nitrogens with zero attached hydrogens (tertiary/aromatic N) is 2. The third-order valence-electron chi connectivity index (χ3n) is 4.01. The van der Waals surface area contributed by atoms with Gasteiger partial charge in [-0.05, 0) is 39.3 Å². The highest BCUT2D eigenvalue weighted by Gasteiger charge is 2.23. The Hall–Kier alpha value is -2.04. The number of hydrogen-bond acceptors (Lipinski definition) is 3. The lowest BCUT2D eigenvalue weighted by molar-refractivity contribution is 0.355. The van der Waals surface area contributed by atoms with Crippen molar-refractivity contribution < 1.29 is 4.74 Å². The first kappa shape index (κ1) is 17.3. The predicted octanol–water partition coefficient (Wildman–Crippen LogP) is 3.12. The Balaban J connectivity index is 2.87. The Morgan fingerprint density at radius 3 is 2.39 bits per heavy atom. The van der Waals surface area contributed by atoms with Crippen LogP contribution in [0.5, 0.6) is 5.75 Å². The first-order chi connectivity index (χ1) is 10.8. The van der Waals surface area contributed by atoms with Crippen LogP contribution in [0.15, 0.2) is 27.8 Å². The van der Waals surface area contributed by atoms with Gasteiger partial charge in [0.2, 0.25) is 0 Å². The lowest BCUT2D eigenvalue weighted by atomic mass is 10.1. The van der Waals surface area contributed by atoms with E-state index in [-0.39, 0.29) is 11.2 Å². The van der Waals surface area contributed by atoms with Crippen LogP contribution in [0.4, 0.5) is 0 Å². The molecule has 0 saturated heterocycles. The monoisotopic (exact) mass is 318 g/mol. The van der Waals surface area contributed by atoms with Gasteiger partial charge in [0.25, 0.3) is 5.56 Å². The highest BCUT2D eigenvalue weighted by atomic mass is 16.5. The van der Waals surface area contributed by atoms with Crippen LogP contribution < -0.4 is 16.0 Å². The largest absolute Gasteiger partial charge is 0.496 e. The summed E-state index contributed by atoms with van der Waals surface area (Å²) in [7, 11) is 1.54. The summed E-state index contributed by atoms with van der Waals surface area (Å²) in [6, 6.07) is 5.40. The minimum atomic E-state index is -0.588. The van der Waals surface area contributed by atoms with Gasteiger partial charge in [0.05, 0.1) is 12.6 Å². The van der Waals surface area contributed by atoms with E-state index in [9.17, 15) is 9.59 Å². The number of aromatic nitrogens is 2. The maximum atomic E-state index is 12.9. The molecule has 1 aromatic heterocycles. The molecule has 2 rings (SSSR count). The van der Waals surface area contributed by atoms with Crippen molar-refractivity contribution >= 4 is 10.9 Å². The van der Waals surface area contributed by atoms with Crippen LogP contribution in [0.2, 0.25) is 0 Å². The zero-order valence-corrected chi connectivity index (χ0v) is 14.7. The van der Waals surface area contributed by atoms with Crippen molar-refractivity contribution in [2.24, 2.45) is 0 Å². The maximum Gasteiger partial charge on any atom is 0.331 e. The molecular weight excluding hydrogens is 292 g/mol. The molecule has 0 aliphatic rings. The SMILES string of the molecule is CCCCCn1c(=O)n(C(C)(C)C)c(=O)c2c(OC)cccc21. The quantitative estimate of drug-likeness (QED) is 0.796. The average Bonchev–Trinajstić information content (AvgIpc) is 2.48. The van der Waals surface area contributed by atoms with E-state index in [4.69, 9.17) is 4.74 Å². The number of aryl methyl sites for hydroxylation is 1. The summed E-state index contributed by atoms with van der Waals surface area (Å²) in [5.41, 5.74) is -0.479. The summed E-state index contributed by atoms with van der Waals surface area (Å²) in [4.78, 5) is 25.9. The predicted molar refractivity (Wildman–Crippen MR) is 93.5 cm³/mol. The molecule has 126 valence electrons. The van der Waals surface area contributed by atoms with E-state index in [0.717, 1.165) is 19.3 Å². The number of benzene rings is 1. The normalized spacial score (nSPS) is 11.9. The molecule has 0 unspecified atom stereocenters. The second-order valence-corrected chi connectivity index (χ2v) is 6.81. The van der Waals surface area contributed by atoms with Crippen molar-refractivity contribution in [3.8, 4) is 5.75 Å². The number of fused-ring (bicyclic) bond motifs is 1. The Bertz CT molecular complexity index is 810. The van der Waals surface area contributed by atoms with E-state index < -0.39 is 5.54 Å². The van der Waals surface area contributed by atoms with Gasteiger partial charge in [0.15, 0.2) is 0 Å². The van der Waals surface area contributed by atoms with Gasteiger partial charge in [-0.1, -0.05) is 25.8 Å². The Morgan fingerprint density at radius 1 is 1.13 bits per heavy atom. The van der Waals surface area contributed by atoms with E-state index >= 15 is 0 Å². The van der Waals surface area contributed by atoms with Crippen molar-refractivity contribution in [1.29, 1.82) is 0 Å². The third kappa shape index (κ3) is 3.19. The van der Waals surface area contributed by atoms with Gasteiger partial charge in [-0.15, -0.1) is 0 Å². The van der Waals surface area contributed by atoms with Gasteiger partial charge in [-0.25, -0.2) is 4.79 Å².